The van der Waals surface area contributed by atoms with Crippen LogP contribution in [0.5, 0.6) is 0 Å². The zero-order chi connectivity index (χ0) is 15.1. The van der Waals surface area contributed by atoms with Crippen LogP contribution >= 0.6 is 12.2 Å². The molecule has 0 aliphatic rings. The second-order valence-corrected chi connectivity index (χ2v) is 4.88. The molecule has 0 fully saturated rings. The Labute approximate surface area is 128 Å². The van der Waals surface area contributed by atoms with Crippen LogP contribution < -0.4 is 10.6 Å². The topological polar surface area (TPSA) is 72.8 Å². The molecule has 0 aliphatic carbocycles. The Kier molecular flexibility index (Phi) is 5.15. The SMILES string of the molecule is C[C@H](NC(=S)Nc1ccc(N=[N+]=[N-])cc1)c1ccccc1. The Balaban J connectivity index is 1.94. The van der Waals surface area contributed by atoms with E-state index in [0.717, 1.165) is 5.69 Å². The zero-order valence-corrected chi connectivity index (χ0v) is 12.3. The van der Waals surface area contributed by atoms with Gasteiger partial charge in [-0.3, -0.25) is 0 Å². The average molecular weight is 297 g/mol. The van der Waals surface area contributed by atoms with Crippen molar-refractivity contribution in [2.75, 3.05) is 5.32 Å². The zero-order valence-electron chi connectivity index (χ0n) is 11.5. The van der Waals surface area contributed by atoms with Gasteiger partial charge in [-0.15, -0.1) is 0 Å². The summed E-state index contributed by atoms with van der Waals surface area (Å²) in [5.74, 6) is 0. The number of hydrogen-bond donors (Lipinski definition) is 2. The number of thiocarbonyl (C=S) groups is 1. The van der Waals surface area contributed by atoms with Crippen molar-refractivity contribution in [1.29, 1.82) is 0 Å². The van der Waals surface area contributed by atoms with E-state index in [1.807, 2.05) is 37.3 Å². The molecular weight excluding hydrogens is 282 g/mol. The summed E-state index contributed by atoms with van der Waals surface area (Å²) in [5.41, 5.74) is 10.9. The van der Waals surface area contributed by atoms with E-state index in [1.165, 1.54) is 5.56 Å². The Bertz CT molecular complexity index is 648. The molecule has 0 amide bonds. The second kappa shape index (κ2) is 7.28. The first-order valence-electron chi connectivity index (χ1n) is 6.46. The molecule has 2 N–H and O–H groups in total. The molecule has 0 bridgehead atoms. The van der Waals surface area contributed by atoms with Crippen LogP contribution in [0.4, 0.5) is 11.4 Å². The van der Waals surface area contributed by atoms with Crippen LogP contribution in [0.3, 0.4) is 0 Å². The fourth-order valence-corrected chi connectivity index (χ4v) is 2.15. The molecule has 5 nitrogen and oxygen atoms in total. The third kappa shape index (κ3) is 4.49. The standard InChI is InChI=1S/C15H15N5S/c1-11(12-5-3-2-4-6-12)17-15(21)18-13-7-9-14(10-8-13)19-20-16/h2-11H,1H3,(H2,17,18,21)/t11-/m0/s1. The van der Waals surface area contributed by atoms with Crippen LogP contribution in [0, 0.1) is 0 Å². The predicted octanol–water partition coefficient (Wildman–Crippen LogP) is 4.68. The van der Waals surface area contributed by atoms with Crippen molar-refractivity contribution in [2.24, 2.45) is 5.11 Å². The van der Waals surface area contributed by atoms with Gasteiger partial charge in [0.05, 0.1) is 6.04 Å². The molecule has 2 aromatic carbocycles. The molecule has 21 heavy (non-hydrogen) atoms. The van der Waals surface area contributed by atoms with E-state index in [2.05, 4.69) is 32.8 Å². The van der Waals surface area contributed by atoms with Crippen molar-refractivity contribution in [3.05, 3.63) is 70.6 Å². The third-order valence-electron chi connectivity index (χ3n) is 2.93. The smallest absolute Gasteiger partial charge is 0.171 e. The lowest BCUT2D eigenvalue weighted by molar-refractivity contribution is 0.722. The Morgan fingerprint density at radius 1 is 1.14 bits per heavy atom. The first kappa shape index (κ1) is 14.8. The van der Waals surface area contributed by atoms with Crippen LogP contribution in [0.15, 0.2) is 59.7 Å². The quantitative estimate of drug-likeness (QED) is 0.372. The number of rotatable bonds is 4. The highest BCUT2D eigenvalue weighted by Crippen LogP contribution is 2.17. The summed E-state index contributed by atoms with van der Waals surface area (Å²) in [6.07, 6.45) is 0. The number of hydrogen-bond acceptors (Lipinski definition) is 2. The largest absolute Gasteiger partial charge is 0.356 e. The van der Waals surface area contributed by atoms with Crippen molar-refractivity contribution in [1.82, 2.24) is 5.32 Å². The Hall–Kier alpha value is -2.56. The van der Waals surface area contributed by atoms with E-state index in [4.69, 9.17) is 17.7 Å². The Morgan fingerprint density at radius 2 is 1.81 bits per heavy atom. The monoisotopic (exact) mass is 297 g/mol. The molecule has 6 heteroatoms. The predicted molar refractivity (Wildman–Crippen MR) is 89.5 cm³/mol. The molecule has 0 heterocycles. The summed E-state index contributed by atoms with van der Waals surface area (Å²) >= 11 is 5.29. The Morgan fingerprint density at radius 3 is 2.43 bits per heavy atom. The molecule has 0 radical (unpaired) electrons. The molecule has 1 atom stereocenters. The van der Waals surface area contributed by atoms with Gasteiger partial charge in [-0.1, -0.05) is 47.6 Å². The number of benzene rings is 2. The van der Waals surface area contributed by atoms with E-state index >= 15 is 0 Å². The molecule has 0 spiro atoms. The highest BCUT2D eigenvalue weighted by molar-refractivity contribution is 7.80. The summed E-state index contributed by atoms with van der Waals surface area (Å²) in [6, 6.07) is 17.3. The molecule has 0 saturated carbocycles. The fourth-order valence-electron chi connectivity index (χ4n) is 1.85. The van der Waals surface area contributed by atoms with Crippen molar-refractivity contribution in [3.63, 3.8) is 0 Å². The van der Waals surface area contributed by atoms with Gasteiger partial charge < -0.3 is 10.6 Å². The van der Waals surface area contributed by atoms with Crippen LogP contribution in [0.2, 0.25) is 0 Å². The maximum atomic E-state index is 8.35. The van der Waals surface area contributed by atoms with E-state index < -0.39 is 0 Å². The summed E-state index contributed by atoms with van der Waals surface area (Å²) in [5, 5.41) is 10.4. The fraction of sp³-hybridized carbons (Fsp3) is 0.133. The first-order valence-corrected chi connectivity index (χ1v) is 6.87. The lowest BCUT2D eigenvalue weighted by Crippen LogP contribution is -2.30. The minimum absolute atomic E-state index is 0.119. The molecule has 0 aromatic heterocycles. The lowest BCUT2D eigenvalue weighted by atomic mass is 10.1. The van der Waals surface area contributed by atoms with Crippen molar-refractivity contribution in [2.45, 2.75) is 13.0 Å². The van der Waals surface area contributed by atoms with Gasteiger partial charge in [0.2, 0.25) is 0 Å². The van der Waals surface area contributed by atoms with E-state index in [-0.39, 0.29) is 6.04 Å². The molecule has 2 aromatic rings. The minimum Gasteiger partial charge on any atom is -0.356 e. The average Bonchev–Trinajstić information content (AvgIpc) is 2.50. The van der Waals surface area contributed by atoms with Crippen molar-refractivity contribution >= 4 is 28.7 Å². The van der Waals surface area contributed by atoms with Crippen molar-refractivity contribution < 1.29 is 0 Å². The molecule has 0 aliphatic heterocycles. The van der Waals surface area contributed by atoms with Crippen molar-refractivity contribution in [3.8, 4) is 0 Å². The van der Waals surface area contributed by atoms with Gasteiger partial charge in [0.1, 0.15) is 0 Å². The summed E-state index contributed by atoms with van der Waals surface area (Å²) in [4.78, 5) is 2.74. The van der Waals surface area contributed by atoms with E-state index in [0.29, 0.717) is 10.8 Å². The molecule has 2 rings (SSSR count). The van der Waals surface area contributed by atoms with Crippen LogP contribution in [-0.4, -0.2) is 5.11 Å². The van der Waals surface area contributed by atoms with Gasteiger partial charge in [0.15, 0.2) is 5.11 Å². The maximum absolute atomic E-state index is 8.35. The molecule has 0 saturated heterocycles. The lowest BCUT2D eigenvalue weighted by Gasteiger charge is -2.17. The van der Waals surface area contributed by atoms with Gasteiger partial charge in [-0.25, -0.2) is 0 Å². The molecular formula is C15H15N5S. The molecule has 106 valence electrons. The van der Waals surface area contributed by atoms with E-state index in [1.54, 1.807) is 12.1 Å². The van der Waals surface area contributed by atoms with Crippen LogP contribution in [-0.2, 0) is 0 Å². The van der Waals surface area contributed by atoms with Crippen LogP contribution in [0.1, 0.15) is 18.5 Å². The van der Waals surface area contributed by atoms with Gasteiger partial charge in [0, 0.05) is 16.3 Å². The maximum Gasteiger partial charge on any atom is 0.171 e. The third-order valence-corrected chi connectivity index (χ3v) is 3.15. The first-order chi connectivity index (χ1) is 10.2. The number of azide groups is 1. The molecule has 0 unspecified atom stereocenters. The van der Waals surface area contributed by atoms with Gasteiger partial charge in [-0.05, 0) is 42.4 Å². The summed E-state index contributed by atoms with van der Waals surface area (Å²) in [7, 11) is 0. The normalized spacial score (nSPS) is 11.1. The summed E-state index contributed by atoms with van der Waals surface area (Å²) in [6.45, 7) is 2.05. The second-order valence-electron chi connectivity index (χ2n) is 4.47. The number of anilines is 1. The van der Waals surface area contributed by atoms with Gasteiger partial charge >= 0.3 is 0 Å². The van der Waals surface area contributed by atoms with Gasteiger partial charge in [0.25, 0.3) is 0 Å². The van der Waals surface area contributed by atoms with E-state index in [9.17, 15) is 0 Å². The van der Waals surface area contributed by atoms with Gasteiger partial charge in [-0.2, -0.15) is 0 Å². The minimum atomic E-state index is 0.119. The number of nitrogens with one attached hydrogen (secondary N) is 2. The highest BCUT2D eigenvalue weighted by Gasteiger charge is 2.06. The highest BCUT2D eigenvalue weighted by atomic mass is 32.1. The van der Waals surface area contributed by atoms with Crippen LogP contribution in [0.25, 0.3) is 10.4 Å². The summed E-state index contributed by atoms with van der Waals surface area (Å²) < 4.78 is 0. The number of nitrogens with zero attached hydrogens (tertiary/aromatic N) is 3.